The topological polar surface area (TPSA) is 64.5 Å². The number of aryl methyl sites for hydroxylation is 2. The summed E-state index contributed by atoms with van der Waals surface area (Å²) in [4.78, 5) is 24.7. The zero-order valence-corrected chi connectivity index (χ0v) is 61.1. The van der Waals surface area contributed by atoms with Crippen molar-refractivity contribution in [2.45, 2.75) is 13.8 Å². The first-order chi connectivity index (χ1) is 54.2. The van der Waals surface area contributed by atoms with E-state index in [1.807, 2.05) is 13.8 Å². The Bertz CT molecular complexity index is 5260. The summed E-state index contributed by atoms with van der Waals surface area (Å²) in [5.41, 5.74) is 33.8. The third-order valence-corrected chi connectivity index (χ3v) is 20.1. The summed E-state index contributed by atoms with van der Waals surface area (Å²) in [5.74, 6) is 2.70. The number of hydrogen-bond acceptors (Lipinski definition) is 5. The fraction of sp³-hybridized carbons (Fsp3) is 0.0190. The van der Waals surface area contributed by atoms with Gasteiger partial charge in [0.25, 0.3) is 0 Å². The van der Waals surface area contributed by atoms with E-state index in [9.17, 15) is 0 Å². The molecule has 18 aromatic rings. The maximum absolute atomic E-state index is 5.08. The number of nitrogens with zero attached hydrogens (tertiary/aromatic N) is 5. The number of rotatable bonds is 16. The molecule has 0 atom stereocenters. The van der Waals surface area contributed by atoms with Gasteiger partial charge in [0.1, 0.15) is 11.6 Å². The van der Waals surface area contributed by atoms with Crippen molar-refractivity contribution >= 4 is 0 Å². The van der Waals surface area contributed by atoms with Crippen LogP contribution in [-0.2, 0) is 0 Å². The van der Waals surface area contributed by atoms with Crippen LogP contribution in [0.5, 0.6) is 0 Å². The molecule has 0 unspecified atom stereocenters. The van der Waals surface area contributed by atoms with Gasteiger partial charge in [-0.05, 0) is 250 Å². The molecule has 0 aliphatic heterocycles. The van der Waals surface area contributed by atoms with Crippen LogP contribution in [0.2, 0.25) is 0 Å². The van der Waals surface area contributed by atoms with Crippen molar-refractivity contribution in [2.75, 3.05) is 0 Å². The Morgan fingerprint density at radius 2 is 0.273 bits per heavy atom. The van der Waals surface area contributed by atoms with Gasteiger partial charge in [0, 0.05) is 22.3 Å². The van der Waals surface area contributed by atoms with E-state index in [1.54, 1.807) is 0 Å². The highest BCUT2D eigenvalue weighted by atomic mass is 15.0. The molecule has 0 N–H and O–H groups in total. The normalized spacial score (nSPS) is 11.0. The van der Waals surface area contributed by atoms with E-state index in [0.29, 0.717) is 17.5 Å². The van der Waals surface area contributed by atoms with Crippen LogP contribution in [0, 0.1) is 13.8 Å². The van der Waals surface area contributed by atoms with E-state index in [-0.39, 0.29) is 0 Å². The average Bonchev–Trinajstić information content (AvgIpc) is 0.804. The summed E-state index contributed by atoms with van der Waals surface area (Å²) in [6.45, 7) is 3.92. The van der Waals surface area contributed by atoms with Crippen molar-refractivity contribution in [1.29, 1.82) is 0 Å². The van der Waals surface area contributed by atoms with Gasteiger partial charge < -0.3 is 0 Å². The van der Waals surface area contributed by atoms with Gasteiger partial charge in [0.05, 0.1) is 11.4 Å². The number of hydrogen-bond donors (Lipinski definition) is 0. The molecule has 0 amide bonds. The first-order valence-corrected chi connectivity index (χ1v) is 37.3. The molecule has 18 rings (SSSR count). The molecule has 0 saturated carbocycles. The lowest BCUT2D eigenvalue weighted by atomic mass is 9.92. The predicted molar refractivity (Wildman–Crippen MR) is 458 cm³/mol. The highest BCUT2D eigenvalue weighted by Crippen LogP contribution is 2.41. The largest absolute Gasteiger partial charge is 0.233 e. The van der Waals surface area contributed by atoms with E-state index in [2.05, 4.69) is 419 Å². The van der Waals surface area contributed by atoms with Crippen LogP contribution in [-0.4, -0.2) is 24.9 Å². The fourth-order valence-corrected chi connectivity index (χ4v) is 14.6. The summed E-state index contributed by atoms with van der Waals surface area (Å²) >= 11 is 0. The molecular weight excluding hydrogens is 1330 g/mol. The van der Waals surface area contributed by atoms with Gasteiger partial charge in [-0.15, -0.1) is 0 Å². The van der Waals surface area contributed by atoms with E-state index < -0.39 is 0 Å². The third-order valence-electron chi connectivity index (χ3n) is 20.1. The van der Waals surface area contributed by atoms with Gasteiger partial charge >= 0.3 is 0 Å². The van der Waals surface area contributed by atoms with Crippen LogP contribution >= 0.6 is 0 Å². The minimum absolute atomic E-state index is 0.648. The van der Waals surface area contributed by atoms with Gasteiger partial charge in [-0.3, -0.25) is 0 Å². The maximum atomic E-state index is 5.08. The monoisotopic (exact) mass is 1410 g/mol. The molecule has 0 aliphatic carbocycles. The molecule has 0 aliphatic rings. The zero-order chi connectivity index (χ0) is 74.0. The zero-order valence-electron chi connectivity index (χ0n) is 61.1. The average molecular weight is 1410 g/mol. The second-order valence-electron chi connectivity index (χ2n) is 27.7. The molecule has 5 heteroatoms. The minimum atomic E-state index is 0.648. The van der Waals surface area contributed by atoms with Gasteiger partial charge in [-0.2, -0.15) is 0 Å². The molecule has 0 spiro atoms. The molecule has 0 saturated heterocycles. The molecule has 2 aromatic heterocycles. The highest BCUT2D eigenvalue weighted by Gasteiger charge is 2.18. The van der Waals surface area contributed by atoms with E-state index >= 15 is 0 Å². The summed E-state index contributed by atoms with van der Waals surface area (Å²) in [7, 11) is 0. The first-order valence-electron chi connectivity index (χ1n) is 37.3. The fourth-order valence-electron chi connectivity index (χ4n) is 14.6. The molecular formula is C105H75N5. The van der Waals surface area contributed by atoms with Crippen molar-refractivity contribution in [3.05, 3.63) is 430 Å². The molecule has 110 heavy (non-hydrogen) atoms. The Labute approximate surface area is 643 Å². The van der Waals surface area contributed by atoms with Crippen molar-refractivity contribution in [3.8, 4) is 179 Å². The molecule has 5 nitrogen and oxygen atoms in total. The Hall–Kier alpha value is -14.4. The van der Waals surface area contributed by atoms with Crippen LogP contribution in [0.25, 0.3) is 179 Å². The summed E-state index contributed by atoms with van der Waals surface area (Å²) in [6, 6.07) is 149. The Balaban J connectivity index is 0.000000160. The quantitative estimate of drug-likeness (QED) is 0.0964. The van der Waals surface area contributed by atoms with E-state index in [1.165, 1.54) is 89.0 Å². The molecule has 16 aromatic carbocycles. The SMILES string of the molecule is Cc1nc(-c2cccc(-c3cc(-c4ccccc4)cc(-c4ccccc4)c3)c2)cc(-c2cccc(-c3cc(-c4ccccc4)cc(-c4ccccc4)c3)c2)n1.Cc1nc(-c2cccc(-c3cc(-c4ccccc4)cc(-c4ccccc4)c3)c2)nc(-c2cccc(-c3cc(-c4ccccc4)cc(-c4ccccc4)c3)c2)n1. The molecule has 0 fully saturated rings. The Morgan fingerprint density at radius 1 is 0.118 bits per heavy atom. The van der Waals surface area contributed by atoms with Crippen LogP contribution in [0.4, 0.5) is 0 Å². The van der Waals surface area contributed by atoms with Gasteiger partial charge in [0.2, 0.25) is 0 Å². The van der Waals surface area contributed by atoms with E-state index in [0.717, 1.165) is 84.0 Å². The lowest BCUT2D eigenvalue weighted by molar-refractivity contribution is 0.992. The minimum Gasteiger partial charge on any atom is -0.233 e. The second kappa shape index (κ2) is 31.7. The first kappa shape index (κ1) is 68.7. The standard InChI is InChI=1S/C53H38N2.C52H37N3/c1-37-54-52(44-26-14-24-42(28-44)50-32-46(38-16-6-2-7-17-38)30-47(33-50)39-18-8-3-9-19-39)36-53(55-37)45-27-15-25-43(29-45)51-34-48(40-20-10-4-11-21-40)31-49(35-51)41-22-12-5-13-23-41;1-36-53-51(43-26-14-24-41(28-43)49-32-45(37-16-6-2-7-17-37)30-46(33-49)38-18-8-3-9-19-38)55-52(54-36)44-27-15-25-42(29-44)50-34-47(39-20-10-4-11-21-39)31-48(35-50)40-22-12-5-13-23-40/h2-36H,1H3;2-35H,1H3. The molecule has 0 bridgehead atoms. The van der Waals surface area contributed by atoms with Gasteiger partial charge in [-0.1, -0.05) is 315 Å². The number of aromatic nitrogens is 5. The second-order valence-corrected chi connectivity index (χ2v) is 27.7. The summed E-state index contributed by atoms with van der Waals surface area (Å²) in [6.07, 6.45) is 0. The Kier molecular flexibility index (Phi) is 19.8. The van der Waals surface area contributed by atoms with E-state index in [4.69, 9.17) is 24.9 Å². The Morgan fingerprint density at radius 3 is 0.491 bits per heavy atom. The summed E-state index contributed by atoms with van der Waals surface area (Å²) in [5, 5.41) is 0. The predicted octanol–water partition coefficient (Wildman–Crippen LogP) is 27.6. The maximum Gasteiger partial charge on any atom is 0.163 e. The molecule has 0 radical (unpaired) electrons. The van der Waals surface area contributed by atoms with Crippen LogP contribution < -0.4 is 0 Å². The van der Waals surface area contributed by atoms with Gasteiger partial charge in [-0.25, -0.2) is 24.9 Å². The number of benzene rings is 16. The van der Waals surface area contributed by atoms with Gasteiger partial charge in [0.15, 0.2) is 11.6 Å². The van der Waals surface area contributed by atoms with Crippen LogP contribution in [0.15, 0.2) is 419 Å². The lowest BCUT2D eigenvalue weighted by Crippen LogP contribution is -2.00. The van der Waals surface area contributed by atoms with Crippen molar-refractivity contribution in [2.24, 2.45) is 0 Å². The van der Waals surface area contributed by atoms with Crippen molar-refractivity contribution in [1.82, 2.24) is 24.9 Å². The molecule has 2 heterocycles. The molecule has 520 valence electrons. The lowest BCUT2D eigenvalue weighted by Gasteiger charge is -2.13. The smallest absolute Gasteiger partial charge is 0.163 e. The van der Waals surface area contributed by atoms with Crippen molar-refractivity contribution in [3.63, 3.8) is 0 Å². The van der Waals surface area contributed by atoms with Crippen LogP contribution in [0.1, 0.15) is 11.6 Å². The van der Waals surface area contributed by atoms with Crippen LogP contribution in [0.3, 0.4) is 0 Å². The van der Waals surface area contributed by atoms with Crippen molar-refractivity contribution < 1.29 is 0 Å². The highest BCUT2D eigenvalue weighted by molar-refractivity contribution is 5.88. The summed E-state index contributed by atoms with van der Waals surface area (Å²) < 4.78 is 0. The third kappa shape index (κ3) is 15.8.